The number of carbonyl (C=O) groups excluding carboxylic acids is 2. The minimum atomic E-state index is -4.39. The van der Waals surface area contributed by atoms with Crippen molar-refractivity contribution in [2.24, 2.45) is 5.73 Å². The van der Waals surface area contributed by atoms with Gasteiger partial charge < -0.3 is 16.4 Å². The summed E-state index contributed by atoms with van der Waals surface area (Å²) in [6, 6.07) is 6.81. The first-order valence-corrected chi connectivity index (χ1v) is 8.16. The van der Waals surface area contributed by atoms with Crippen LogP contribution in [0.15, 0.2) is 41.8 Å². The molecule has 2 aromatic rings. The Hall–Kier alpha value is -2.55. The van der Waals surface area contributed by atoms with Crippen molar-refractivity contribution >= 4 is 23.3 Å². The normalized spacial score (nSPS) is 12.4. The molecule has 9 heteroatoms. The van der Waals surface area contributed by atoms with Crippen molar-refractivity contribution in [3.05, 3.63) is 57.8 Å². The standard InChI is InChI=1S/C16H16F3N3O2S/c17-16(18,19)11-5-3-10(4-6-11)9-21-14(23)8-12(22-15(20)24)13-2-1-7-25-13/h1-7,12H,8-9H2,(H,21,23)(H3,20,22,24). The summed E-state index contributed by atoms with van der Waals surface area (Å²) in [4.78, 5) is 23.9. The summed E-state index contributed by atoms with van der Waals surface area (Å²) < 4.78 is 37.5. The lowest BCUT2D eigenvalue weighted by Gasteiger charge is -2.16. The molecule has 0 aliphatic heterocycles. The van der Waals surface area contributed by atoms with E-state index >= 15 is 0 Å². The lowest BCUT2D eigenvalue weighted by Crippen LogP contribution is -2.36. The second-order valence-corrected chi connectivity index (χ2v) is 6.23. The third kappa shape index (κ3) is 5.79. The van der Waals surface area contributed by atoms with E-state index in [2.05, 4.69) is 10.6 Å². The minimum Gasteiger partial charge on any atom is -0.352 e. The first kappa shape index (κ1) is 18.8. The van der Waals surface area contributed by atoms with Gasteiger partial charge in [-0.15, -0.1) is 11.3 Å². The number of hydrogen-bond donors (Lipinski definition) is 3. The van der Waals surface area contributed by atoms with Crippen LogP contribution in [0.5, 0.6) is 0 Å². The Kier molecular flexibility index (Phi) is 6.02. The Morgan fingerprint density at radius 1 is 1.16 bits per heavy atom. The van der Waals surface area contributed by atoms with Crippen LogP contribution < -0.4 is 16.4 Å². The second-order valence-electron chi connectivity index (χ2n) is 5.25. The second kappa shape index (κ2) is 8.02. The highest BCUT2D eigenvalue weighted by atomic mass is 32.1. The van der Waals surface area contributed by atoms with E-state index in [0.717, 1.165) is 17.0 Å². The summed E-state index contributed by atoms with van der Waals surface area (Å²) in [6.45, 7) is 0.0880. The van der Waals surface area contributed by atoms with Crippen molar-refractivity contribution in [3.8, 4) is 0 Å². The largest absolute Gasteiger partial charge is 0.416 e. The Bertz CT molecular complexity index is 715. The fraction of sp³-hybridized carbons (Fsp3) is 0.250. The van der Waals surface area contributed by atoms with Gasteiger partial charge in [0, 0.05) is 11.4 Å². The molecule has 3 amide bonds. The van der Waals surface area contributed by atoms with Gasteiger partial charge in [0.1, 0.15) is 0 Å². The zero-order valence-corrected chi connectivity index (χ0v) is 13.8. The Balaban J connectivity index is 1.91. The van der Waals surface area contributed by atoms with E-state index in [1.54, 1.807) is 12.1 Å². The number of halogens is 3. The van der Waals surface area contributed by atoms with Crippen LogP contribution in [0.3, 0.4) is 0 Å². The number of alkyl halides is 3. The molecule has 0 saturated carbocycles. The summed E-state index contributed by atoms with van der Waals surface area (Å²) in [5.74, 6) is -0.355. The van der Waals surface area contributed by atoms with E-state index in [1.165, 1.54) is 23.5 Å². The number of hydrogen-bond acceptors (Lipinski definition) is 3. The Labute approximate surface area is 146 Å². The quantitative estimate of drug-likeness (QED) is 0.729. The molecule has 1 atom stereocenters. The molecule has 1 heterocycles. The number of thiophene rings is 1. The topological polar surface area (TPSA) is 84.2 Å². The molecule has 0 fully saturated rings. The van der Waals surface area contributed by atoms with E-state index in [4.69, 9.17) is 5.73 Å². The number of amides is 3. The number of rotatable bonds is 6. The van der Waals surface area contributed by atoms with Crippen molar-refractivity contribution in [2.75, 3.05) is 0 Å². The molecule has 0 radical (unpaired) electrons. The Morgan fingerprint density at radius 2 is 1.84 bits per heavy atom. The first-order valence-electron chi connectivity index (χ1n) is 7.28. The molecule has 0 bridgehead atoms. The number of primary amides is 1. The first-order chi connectivity index (χ1) is 11.8. The highest BCUT2D eigenvalue weighted by Crippen LogP contribution is 2.29. The monoisotopic (exact) mass is 371 g/mol. The molecule has 1 aromatic heterocycles. The van der Waals surface area contributed by atoms with Crippen LogP contribution in [-0.4, -0.2) is 11.9 Å². The zero-order valence-electron chi connectivity index (χ0n) is 13.0. The molecule has 0 spiro atoms. The summed E-state index contributed by atoms with van der Waals surface area (Å²) in [6.07, 6.45) is -4.42. The van der Waals surface area contributed by atoms with Crippen molar-refractivity contribution in [1.82, 2.24) is 10.6 Å². The molecule has 2 rings (SSSR count). The van der Waals surface area contributed by atoms with E-state index in [0.29, 0.717) is 5.56 Å². The molecule has 4 N–H and O–H groups in total. The van der Waals surface area contributed by atoms with Gasteiger partial charge in [-0.3, -0.25) is 4.79 Å². The highest BCUT2D eigenvalue weighted by Gasteiger charge is 2.29. The summed E-state index contributed by atoms with van der Waals surface area (Å²) in [5.41, 5.74) is 4.91. The average molecular weight is 371 g/mol. The van der Waals surface area contributed by atoms with Gasteiger partial charge in [-0.1, -0.05) is 18.2 Å². The van der Waals surface area contributed by atoms with Crippen molar-refractivity contribution in [3.63, 3.8) is 0 Å². The molecule has 0 aliphatic carbocycles. The minimum absolute atomic E-state index is 0.0237. The molecule has 1 unspecified atom stereocenters. The summed E-state index contributed by atoms with van der Waals surface area (Å²) >= 11 is 1.38. The van der Waals surface area contributed by atoms with Crippen LogP contribution in [0.2, 0.25) is 0 Å². The van der Waals surface area contributed by atoms with Gasteiger partial charge in [0.2, 0.25) is 5.91 Å². The molecular weight excluding hydrogens is 355 g/mol. The zero-order chi connectivity index (χ0) is 18.4. The molecule has 1 aromatic carbocycles. The average Bonchev–Trinajstić information content (AvgIpc) is 3.06. The molecule has 134 valence electrons. The van der Waals surface area contributed by atoms with Gasteiger partial charge in [0.15, 0.2) is 0 Å². The number of nitrogens with one attached hydrogen (secondary N) is 2. The number of urea groups is 1. The predicted molar refractivity (Wildman–Crippen MR) is 87.7 cm³/mol. The van der Waals surface area contributed by atoms with Crippen molar-refractivity contribution in [2.45, 2.75) is 25.2 Å². The van der Waals surface area contributed by atoms with Crippen LogP contribution in [-0.2, 0) is 17.5 Å². The van der Waals surface area contributed by atoms with Crippen LogP contribution in [0.25, 0.3) is 0 Å². The van der Waals surface area contributed by atoms with Gasteiger partial charge in [-0.05, 0) is 29.1 Å². The smallest absolute Gasteiger partial charge is 0.352 e. The molecule has 0 aliphatic rings. The van der Waals surface area contributed by atoms with Crippen LogP contribution in [0.4, 0.5) is 18.0 Å². The molecule has 5 nitrogen and oxygen atoms in total. The highest BCUT2D eigenvalue weighted by molar-refractivity contribution is 7.10. The maximum Gasteiger partial charge on any atom is 0.416 e. The van der Waals surface area contributed by atoms with Crippen LogP contribution in [0, 0.1) is 0 Å². The van der Waals surface area contributed by atoms with E-state index in [-0.39, 0.29) is 18.9 Å². The SMILES string of the molecule is NC(=O)NC(CC(=O)NCc1ccc(C(F)(F)F)cc1)c1cccs1. The van der Waals surface area contributed by atoms with Gasteiger partial charge in [0.25, 0.3) is 0 Å². The number of carbonyl (C=O) groups is 2. The Morgan fingerprint density at radius 3 is 2.36 bits per heavy atom. The van der Waals surface area contributed by atoms with Crippen LogP contribution >= 0.6 is 11.3 Å². The maximum atomic E-state index is 12.5. The van der Waals surface area contributed by atoms with E-state index < -0.39 is 23.8 Å². The number of benzene rings is 1. The molecule has 0 saturated heterocycles. The van der Waals surface area contributed by atoms with Crippen LogP contribution in [0.1, 0.15) is 28.5 Å². The maximum absolute atomic E-state index is 12.5. The summed E-state index contributed by atoms with van der Waals surface area (Å²) in [5, 5.41) is 6.92. The predicted octanol–water partition coefficient (Wildman–Crippen LogP) is 3.18. The molecule has 25 heavy (non-hydrogen) atoms. The third-order valence-corrected chi connectivity index (χ3v) is 4.35. The van der Waals surface area contributed by atoms with Gasteiger partial charge in [-0.2, -0.15) is 13.2 Å². The fourth-order valence-electron chi connectivity index (χ4n) is 2.15. The lowest BCUT2D eigenvalue weighted by molar-refractivity contribution is -0.137. The van der Waals surface area contributed by atoms with Gasteiger partial charge >= 0.3 is 12.2 Å². The third-order valence-electron chi connectivity index (χ3n) is 3.36. The van der Waals surface area contributed by atoms with Crippen molar-refractivity contribution < 1.29 is 22.8 Å². The van der Waals surface area contributed by atoms with Gasteiger partial charge in [-0.25, -0.2) is 4.79 Å². The lowest BCUT2D eigenvalue weighted by atomic mass is 10.1. The van der Waals surface area contributed by atoms with Crippen molar-refractivity contribution in [1.29, 1.82) is 0 Å². The van der Waals surface area contributed by atoms with E-state index in [9.17, 15) is 22.8 Å². The van der Waals surface area contributed by atoms with Gasteiger partial charge in [0.05, 0.1) is 18.0 Å². The fourth-order valence-corrected chi connectivity index (χ4v) is 2.93. The van der Waals surface area contributed by atoms with E-state index in [1.807, 2.05) is 5.38 Å². The molecular formula is C16H16F3N3O2S. The summed E-state index contributed by atoms with van der Waals surface area (Å²) in [7, 11) is 0. The number of nitrogens with two attached hydrogens (primary N) is 1.